The maximum absolute atomic E-state index is 13.3. The summed E-state index contributed by atoms with van der Waals surface area (Å²) in [6.07, 6.45) is 3.37. The van der Waals surface area contributed by atoms with Gasteiger partial charge in [-0.1, -0.05) is 17.7 Å². The lowest BCUT2D eigenvalue weighted by molar-refractivity contribution is -0.131. The van der Waals surface area contributed by atoms with Gasteiger partial charge in [0.1, 0.15) is 11.6 Å². The topological polar surface area (TPSA) is 52.6 Å². The zero-order valence-corrected chi connectivity index (χ0v) is 18.0. The first-order chi connectivity index (χ1) is 14.5. The summed E-state index contributed by atoms with van der Waals surface area (Å²) < 4.78 is 13.3. The van der Waals surface area contributed by atoms with Crippen molar-refractivity contribution in [2.45, 2.75) is 32.6 Å². The molecule has 0 aliphatic carbocycles. The predicted octanol–water partition coefficient (Wildman–Crippen LogP) is 3.46. The first-order valence-corrected chi connectivity index (χ1v) is 10.9. The minimum absolute atomic E-state index is 0.0972. The van der Waals surface area contributed by atoms with E-state index in [1.165, 1.54) is 18.9 Å². The van der Waals surface area contributed by atoms with Crippen LogP contribution in [0.25, 0.3) is 0 Å². The van der Waals surface area contributed by atoms with E-state index in [9.17, 15) is 9.18 Å². The monoisotopic (exact) mass is 431 g/mol. The van der Waals surface area contributed by atoms with Crippen LogP contribution in [-0.2, 0) is 11.2 Å². The standard InChI is InChI=1S/C22H27ClFN5O/c1-16-14-20(27-8-2-3-9-27)26-22(25-16)29-12-10-28(11-13-29)21(30)7-5-17-4-6-19(24)18(23)15-17/h4,6,14-15H,2-3,5,7-13H2,1H3. The highest BCUT2D eigenvalue weighted by Gasteiger charge is 2.24. The first kappa shape index (κ1) is 20.8. The van der Waals surface area contributed by atoms with Gasteiger partial charge in [-0.25, -0.2) is 9.37 Å². The van der Waals surface area contributed by atoms with Crippen molar-refractivity contribution in [3.63, 3.8) is 0 Å². The number of piperazine rings is 1. The van der Waals surface area contributed by atoms with Gasteiger partial charge in [0.15, 0.2) is 0 Å². The van der Waals surface area contributed by atoms with Gasteiger partial charge >= 0.3 is 0 Å². The molecule has 1 aromatic carbocycles. The van der Waals surface area contributed by atoms with Gasteiger partial charge in [0.2, 0.25) is 11.9 Å². The number of halogens is 2. The van der Waals surface area contributed by atoms with E-state index in [0.717, 1.165) is 49.2 Å². The van der Waals surface area contributed by atoms with E-state index in [1.807, 2.05) is 11.8 Å². The Balaban J connectivity index is 1.32. The number of benzene rings is 1. The number of hydrogen-bond acceptors (Lipinski definition) is 5. The summed E-state index contributed by atoms with van der Waals surface area (Å²) in [5.74, 6) is 1.43. The smallest absolute Gasteiger partial charge is 0.227 e. The number of aromatic nitrogens is 2. The summed E-state index contributed by atoms with van der Waals surface area (Å²) in [5.41, 5.74) is 1.84. The van der Waals surface area contributed by atoms with Gasteiger partial charge in [0.05, 0.1) is 5.02 Å². The predicted molar refractivity (Wildman–Crippen MR) is 117 cm³/mol. The molecule has 30 heavy (non-hydrogen) atoms. The van der Waals surface area contributed by atoms with Gasteiger partial charge in [-0.05, 0) is 43.9 Å². The minimum Gasteiger partial charge on any atom is -0.356 e. The number of aryl methyl sites for hydroxylation is 2. The Morgan fingerprint density at radius 1 is 1.03 bits per heavy atom. The van der Waals surface area contributed by atoms with E-state index >= 15 is 0 Å². The molecule has 1 amide bonds. The highest BCUT2D eigenvalue weighted by atomic mass is 35.5. The second-order valence-corrected chi connectivity index (χ2v) is 8.39. The Morgan fingerprint density at radius 3 is 2.47 bits per heavy atom. The number of rotatable bonds is 5. The lowest BCUT2D eigenvalue weighted by Crippen LogP contribution is -2.49. The molecule has 2 aliphatic rings. The molecular weight excluding hydrogens is 405 g/mol. The van der Waals surface area contributed by atoms with Crippen LogP contribution in [0.5, 0.6) is 0 Å². The molecule has 160 valence electrons. The van der Waals surface area contributed by atoms with Crippen molar-refractivity contribution in [2.75, 3.05) is 49.1 Å². The molecule has 0 saturated carbocycles. The molecule has 0 unspecified atom stereocenters. The van der Waals surface area contributed by atoms with Crippen LogP contribution in [0.2, 0.25) is 5.02 Å². The number of nitrogens with zero attached hydrogens (tertiary/aromatic N) is 5. The molecule has 2 aliphatic heterocycles. The van der Waals surface area contributed by atoms with Crippen LogP contribution < -0.4 is 9.80 Å². The van der Waals surface area contributed by atoms with Gasteiger partial charge in [-0.15, -0.1) is 0 Å². The van der Waals surface area contributed by atoms with Gasteiger partial charge in [-0.2, -0.15) is 4.98 Å². The van der Waals surface area contributed by atoms with E-state index in [1.54, 1.807) is 12.1 Å². The van der Waals surface area contributed by atoms with Gasteiger partial charge < -0.3 is 14.7 Å². The largest absolute Gasteiger partial charge is 0.356 e. The Hall–Kier alpha value is -2.41. The molecule has 8 heteroatoms. The van der Waals surface area contributed by atoms with Crippen molar-refractivity contribution in [3.8, 4) is 0 Å². The molecule has 0 spiro atoms. The van der Waals surface area contributed by atoms with Crippen LogP contribution in [-0.4, -0.2) is 60.0 Å². The molecule has 0 bridgehead atoms. The van der Waals surface area contributed by atoms with Crippen molar-refractivity contribution in [1.29, 1.82) is 0 Å². The molecule has 6 nitrogen and oxygen atoms in total. The zero-order valence-electron chi connectivity index (χ0n) is 17.3. The van der Waals surface area contributed by atoms with Crippen LogP contribution >= 0.6 is 11.6 Å². The number of hydrogen-bond donors (Lipinski definition) is 0. The third-order valence-corrected chi connectivity index (χ3v) is 6.08. The van der Waals surface area contributed by atoms with E-state index < -0.39 is 5.82 Å². The Bertz CT molecular complexity index is 910. The number of amides is 1. The Kier molecular flexibility index (Phi) is 6.37. The number of carbonyl (C=O) groups excluding carboxylic acids is 1. The third-order valence-electron chi connectivity index (χ3n) is 5.79. The molecule has 0 atom stereocenters. The fourth-order valence-electron chi connectivity index (χ4n) is 4.05. The fourth-order valence-corrected chi connectivity index (χ4v) is 4.25. The van der Waals surface area contributed by atoms with E-state index in [0.29, 0.717) is 25.9 Å². The van der Waals surface area contributed by atoms with Crippen molar-refractivity contribution < 1.29 is 9.18 Å². The summed E-state index contributed by atoms with van der Waals surface area (Å²) in [6.45, 7) is 6.86. The average molecular weight is 432 g/mol. The molecule has 1 aromatic heterocycles. The van der Waals surface area contributed by atoms with Gasteiger partial charge in [-0.3, -0.25) is 4.79 Å². The number of carbonyl (C=O) groups is 1. The van der Waals surface area contributed by atoms with Crippen molar-refractivity contribution in [2.24, 2.45) is 0 Å². The van der Waals surface area contributed by atoms with Crippen molar-refractivity contribution in [3.05, 3.63) is 46.4 Å². The molecule has 0 radical (unpaired) electrons. The fraction of sp³-hybridized carbons (Fsp3) is 0.500. The molecular formula is C22H27ClFN5O. The second-order valence-electron chi connectivity index (χ2n) is 7.98. The first-order valence-electron chi connectivity index (χ1n) is 10.6. The van der Waals surface area contributed by atoms with Crippen LogP contribution in [0.1, 0.15) is 30.5 Å². The number of anilines is 2. The van der Waals surface area contributed by atoms with Gasteiger partial charge in [0.25, 0.3) is 0 Å². The van der Waals surface area contributed by atoms with Crippen LogP contribution in [0.3, 0.4) is 0 Å². The van der Waals surface area contributed by atoms with Crippen LogP contribution in [0.4, 0.5) is 16.2 Å². The molecule has 2 fully saturated rings. The van der Waals surface area contributed by atoms with E-state index in [-0.39, 0.29) is 10.9 Å². The highest BCUT2D eigenvalue weighted by molar-refractivity contribution is 6.30. The summed E-state index contributed by atoms with van der Waals surface area (Å²) in [5, 5.41) is 0.0972. The molecule has 3 heterocycles. The summed E-state index contributed by atoms with van der Waals surface area (Å²) in [6, 6.07) is 6.67. The normalized spacial score (nSPS) is 17.0. The summed E-state index contributed by atoms with van der Waals surface area (Å²) in [4.78, 5) is 28.4. The maximum Gasteiger partial charge on any atom is 0.227 e. The molecule has 0 N–H and O–H groups in total. The molecule has 2 aromatic rings. The van der Waals surface area contributed by atoms with Crippen LogP contribution in [0.15, 0.2) is 24.3 Å². The Morgan fingerprint density at radius 2 is 1.77 bits per heavy atom. The van der Waals surface area contributed by atoms with Crippen molar-refractivity contribution >= 4 is 29.3 Å². The highest BCUT2D eigenvalue weighted by Crippen LogP contribution is 2.22. The van der Waals surface area contributed by atoms with E-state index in [4.69, 9.17) is 16.6 Å². The lowest BCUT2D eigenvalue weighted by atomic mass is 10.1. The zero-order chi connectivity index (χ0) is 21.1. The molecule has 2 saturated heterocycles. The quantitative estimate of drug-likeness (QED) is 0.725. The third kappa shape index (κ3) is 4.83. The summed E-state index contributed by atoms with van der Waals surface area (Å²) in [7, 11) is 0. The lowest BCUT2D eigenvalue weighted by Gasteiger charge is -2.35. The van der Waals surface area contributed by atoms with E-state index in [2.05, 4.69) is 20.9 Å². The van der Waals surface area contributed by atoms with Crippen LogP contribution in [0, 0.1) is 12.7 Å². The second kappa shape index (κ2) is 9.16. The van der Waals surface area contributed by atoms with Crippen molar-refractivity contribution in [1.82, 2.24) is 14.9 Å². The average Bonchev–Trinajstić information content (AvgIpc) is 3.29. The summed E-state index contributed by atoms with van der Waals surface area (Å²) >= 11 is 5.83. The minimum atomic E-state index is -0.436. The Labute approximate surface area is 181 Å². The van der Waals surface area contributed by atoms with Gasteiger partial charge in [0, 0.05) is 57.4 Å². The maximum atomic E-state index is 13.3. The molecule has 4 rings (SSSR count). The SMILES string of the molecule is Cc1cc(N2CCCC2)nc(N2CCN(C(=O)CCc3ccc(F)c(Cl)c3)CC2)n1.